The largest absolute Gasteiger partial charge is 0.330 e. The van der Waals surface area contributed by atoms with E-state index in [1.165, 1.54) is 0 Å². The van der Waals surface area contributed by atoms with E-state index in [0.29, 0.717) is 6.54 Å². The fraction of sp³-hybridized carbons (Fsp3) is 0.444. The van der Waals surface area contributed by atoms with Gasteiger partial charge < -0.3 is 11.5 Å². The first-order chi connectivity index (χ1) is 6.24. The number of nitrogens with two attached hydrogens (primary N) is 2. The molecule has 0 bridgehead atoms. The van der Waals surface area contributed by atoms with Crippen molar-refractivity contribution in [2.24, 2.45) is 11.5 Å². The Kier molecular flexibility index (Phi) is 4.35. The molecule has 0 aliphatic rings. The van der Waals surface area contributed by atoms with Crippen molar-refractivity contribution in [3.8, 4) is 0 Å². The van der Waals surface area contributed by atoms with Gasteiger partial charge in [-0.05, 0) is 47.4 Å². The van der Waals surface area contributed by atoms with E-state index < -0.39 is 0 Å². The van der Waals surface area contributed by atoms with Crippen molar-refractivity contribution in [3.05, 3.63) is 28.5 Å². The van der Waals surface area contributed by atoms with Crippen LogP contribution in [0.4, 0.5) is 0 Å². The number of halogens is 1. The zero-order valence-corrected chi connectivity index (χ0v) is 9.00. The van der Waals surface area contributed by atoms with Crippen LogP contribution in [0.25, 0.3) is 0 Å². The van der Waals surface area contributed by atoms with Gasteiger partial charge in [0.1, 0.15) is 4.60 Å². The van der Waals surface area contributed by atoms with Gasteiger partial charge >= 0.3 is 0 Å². The van der Waals surface area contributed by atoms with Crippen LogP contribution in [0.5, 0.6) is 0 Å². The van der Waals surface area contributed by atoms with E-state index in [1.807, 2.05) is 18.2 Å². The fourth-order valence-corrected chi connectivity index (χ4v) is 1.47. The summed E-state index contributed by atoms with van der Waals surface area (Å²) < 4.78 is 0.827. The Morgan fingerprint density at radius 1 is 1.46 bits per heavy atom. The van der Waals surface area contributed by atoms with Crippen molar-refractivity contribution in [2.75, 3.05) is 6.54 Å². The smallest absolute Gasteiger partial charge is 0.106 e. The van der Waals surface area contributed by atoms with Gasteiger partial charge in [0, 0.05) is 6.04 Å². The molecule has 1 aromatic heterocycles. The van der Waals surface area contributed by atoms with Gasteiger partial charge in [0.05, 0.1) is 5.69 Å². The third-order valence-electron chi connectivity index (χ3n) is 1.84. The molecule has 72 valence electrons. The summed E-state index contributed by atoms with van der Waals surface area (Å²) in [5.74, 6) is 0. The molecular formula is C9H14BrN3. The molecule has 0 amide bonds. The Morgan fingerprint density at radius 2 is 2.23 bits per heavy atom. The molecule has 0 saturated heterocycles. The topological polar surface area (TPSA) is 64.9 Å². The average molecular weight is 244 g/mol. The Bertz CT molecular complexity index is 265. The Morgan fingerprint density at radius 3 is 2.85 bits per heavy atom. The summed E-state index contributed by atoms with van der Waals surface area (Å²) in [6.45, 7) is 0.682. The van der Waals surface area contributed by atoms with Gasteiger partial charge in [-0.1, -0.05) is 6.07 Å². The number of pyridine rings is 1. The van der Waals surface area contributed by atoms with Crippen LogP contribution in [0.15, 0.2) is 22.8 Å². The molecule has 0 aliphatic carbocycles. The summed E-state index contributed by atoms with van der Waals surface area (Å²) in [6.07, 6.45) is 1.83. The third kappa shape index (κ3) is 3.42. The molecule has 0 spiro atoms. The molecule has 13 heavy (non-hydrogen) atoms. The molecule has 1 atom stereocenters. The molecule has 0 aromatic carbocycles. The van der Waals surface area contributed by atoms with Gasteiger partial charge in [0.2, 0.25) is 0 Å². The first-order valence-electron chi connectivity index (χ1n) is 4.32. The quantitative estimate of drug-likeness (QED) is 0.790. The van der Waals surface area contributed by atoms with Crippen LogP contribution in [-0.4, -0.2) is 11.5 Å². The summed E-state index contributed by atoms with van der Waals surface area (Å²) in [7, 11) is 0. The van der Waals surface area contributed by atoms with Crippen LogP contribution in [0.1, 0.15) is 24.6 Å². The number of nitrogens with zero attached hydrogens (tertiary/aromatic N) is 1. The number of rotatable bonds is 4. The Balaban J connectivity index is 2.60. The predicted molar refractivity (Wildman–Crippen MR) is 57.2 cm³/mol. The van der Waals surface area contributed by atoms with Gasteiger partial charge in [-0.3, -0.25) is 0 Å². The van der Waals surface area contributed by atoms with E-state index in [1.54, 1.807) is 0 Å². The zero-order chi connectivity index (χ0) is 9.68. The highest BCUT2D eigenvalue weighted by molar-refractivity contribution is 9.10. The highest BCUT2D eigenvalue weighted by Crippen LogP contribution is 2.15. The molecule has 4 N–H and O–H groups in total. The summed E-state index contributed by atoms with van der Waals surface area (Å²) in [5, 5.41) is 0. The average Bonchev–Trinajstić information content (AvgIpc) is 2.14. The lowest BCUT2D eigenvalue weighted by Gasteiger charge is -2.09. The Labute approximate surface area is 86.7 Å². The maximum Gasteiger partial charge on any atom is 0.106 e. The molecule has 1 heterocycles. The summed E-state index contributed by atoms with van der Waals surface area (Å²) in [4.78, 5) is 4.28. The normalized spacial score (nSPS) is 12.8. The van der Waals surface area contributed by atoms with Crippen LogP contribution in [-0.2, 0) is 0 Å². The minimum absolute atomic E-state index is 0.000972. The van der Waals surface area contributed by atoms with Gasteiger partial charge in [0.15, 0.2) is 0 Å². The Hall–Kier alpha value is -0.450. The SMILES string of the molecule is NCCC[C@@H](N)c1cccc(Br)n1. The molecule has 0 unspecified atom stereocenters. The van der Waals surface area contributed by atoms with Crippen molar-refractivity contribution in [3.63, 3.8) is 0 Å². The van der Waals surface area contributed by atoms with Crippen LogP contribution in [0.2, 0.25) is 0 Å². The monoisotopic (exact) mass is 243 g/mol. The van der Waals surface area contributed by atoms with Crippen molar-refractivity contribution in [2.45, 2.75) is 18.9 Å². The van der Waals surface area contributed by atoms with Crippen LogP contribution in [0, 0.1) is 0 Å². The minimum Gasteiger partial charge on any atom is -0.330 e. The van der Waals surface area contributed by atoms with Gasteiger partial charge in [-0.15, -0.1) is 0 Å². The van der Waals surface area contributed by atoms with E-state index in [0.717, 1.165) is 23.1 Å². The highest BCUT2D eigenvalue weighted by Gasteiger charge is 2.06. The molecule has 0 aliphatic heterocycles. The highest BCUT2D eigenvalue weighted by atomic mass is 79.9. The van der Waals surface area contributed by atoms with Gasteiger partial charge in [-0.25, -0.2) is 4.98 Å². The predicted octanol–water partition coefficient (Wildman–Crippen LogP) is 1.58. The molecule has 0 saturated carbocycles. The zero-order valence-electron chi connectivity index (χ0n) is 7.41. The maximum absolute atomic E-state index is 5.91. The lowest BCUT2D eigenvalue weighted by Crippen LogP contribution is -2.13. The minimum atomic E-state index is 0.000972. The van der Waals surface area contributed by atoms with Crippen LogP contribution in [0.3, 0.4) is 0 Å². The van der Waals surface area contributed by atoms with Crippen LogP contribution >= 0.6 is 15.9 Å². The fourth-order valence-electron chi connectivity index (χ4n) is 1.12. The van der Waals surface area contributed by atoms with Crippen molar-refractivity contribution >= 4 is 15.9 Å². The molecule has 0 fully saturated rings. The molecule has 3 nitrogen and oxygen atoms in total. The second kappa shape index (κ2) is 5.32. The number of hydrogen-bond acceptors (Lipinski definition) is 3. The molecule has 0 radical (unpaired) electrons. The van der Waals surface area contributed by atoms with Crippen LogP contribution < -0.4 is 11.5 Å². The molecule has 4 heteroatoms. The summed E-state index contributed by atoms with van der Waals surface area (Å²) in [6, 6.07) is 5.76. The third-order valence-corrected chi connectivity index (χ3v) is 2.28. The molecular weight excluding hydrogens is 230 g/mol. The first kappa shape index (κ1) is 10.6. The lowest BCUT2D eigenvalue weighted by atomic mass is 10.1. The lowest BCUT2D eigenvalue weighted by molar-refractivity contribution is 0.603. The van der Waals surface area contributed by atoms with Gasteiger partial charge in [0.25, 0.3) is 0 Å². The summed E-state index contributed by atoms with van der Waals surface area (Å²) >= 11 is 3.31. The van der Waals surface area contributed by atoms with Crippen molar-refractivity contribution < 1.29 is 0 Å². The van der Waals surface area contributed by atoms with Crippen molar-refractivity contribution in [1.82, 2.24) is 4.98 Å². The van der Waals surface area contributed by atoms with E-state index in [-0.39, 0.29) is 6.04 Å². The van der Waals surface area contributed by atoms with E-state index in [2.05, 4.69) is 20.9 Å². The van der Waals surface area contributed by atoms with Gasteiger partial charge in [-0.2, -0.15) is 0 Å². The second-order valence-corrected chi connectivity index (χ2v) is 3.74. The first-order valence-corrected chi connectivity index (χ1v) is 5.11. The number of aromatic nitrogens is 1. The standard InChI is InChI=1S/C9H14BrN3/c10-9-5-1-4-8(13-9)7(12)3-2-6-11/h1,4-5,7H,2-3,6,11-12H2/t7-/m1/s1. The van der Waals surface area contributed by atoms with E-state index >= 15 is 0 Å². The molecule has 1 rings (SSSR count). The van der Waals surface area contributed by atoms with E-state index in [4.69, 9.17) is 11.5 Å². The summed E-state index contributed by atoms with van der Waals surface area (Å²) in [5.41, 5.74) is 12.2. The maximum atomic E-state index is 5.91. The van der Waals surface area contributed by atoms with E-state index in [9.17, 15) is 0 Å². The number of hydrogen-bond donors (Lipinski definition) is 2. The second-order valence-electron chi connectivity index (χ2n) is 2.92. The molecule has 1 aromatic rings. The van der Waals surface area contributed by atoms with Crippen molar-refractivity contribution in [1.29, 1.82) is 0 Å².